The van der Waals surface area contributed by atoms with Crippen molar-refractivity contribution < 1.29 is 14.0 Å². The lowest BCUT2D eigenvalue weighted by Gasteiger charge is -2.32. The average Bonchev–Trinajstić information content (AvgIpc) is 2.45. The standard InChI is InChI=1S/C19H30O3Si/c1-7-21-18(20)13-12-15-8-10-16(11-9-15)14-17(19(2,3)4)22-23(5)6/h8-13,17,23H,7,14H2,1-6H3. The Labute approximate surface area is 142 Å². The van der Waals surface area contributed by atoms with Gasteiger partial charge in [0.1, 0.15) is 0 Å². The van der Waals surface area contributed by atoms with Crippen LogP contribution in [-0.4, -0.2) is 27.7 Å². The van der Waals surface area contributed by atoms with Gasteiger partial charge in [0.05, 0.1) is 12.7 Å². The molecule has 1 aromatic rings. The third-order valence-corrected chi connectivity index (χ3v) is 4.37. The first-order valence-electron chi connectivity index (χ1n) is 8.31. The summed E-state index contributed by atoms with van der Waals surface area (Å²) in [6.45, 7) is 13.3. The summed E-state index contributed by atoms with van der Waals surface area (Å²) >= 11 is 0. The maximum Gasteiger partial charge on any atom is 0.330 e. The molecular weight excluding hydrogens is 304 g/mol. The third kappa shape index (κ3) is 7.62. The summed E-state index contributed by atoms with van der Waals surface area (Å²) in [5.41, 5.74) is 2.38. The Kier molecular flexibility index (Phi) is 7.72. The van der Waals surface area contributed by atoms with Crippen molar-refractivity contribution in [1.29, 1.82) is 0 Å². The quantitative estimate of drug-likeness (QED) is 0.425. The molecule has 1 unspecified atom stereocenters. The molecule has 0 N–H and O–H groups in total. The lowest BCUT2D eigenvalue weighted by Crippen LogP contribution is -2.35. The fourth-order valence-electron chi connectivity index (χ4n) is 2.22. The van der Waals surface area contributed by atoms with E-state index in [0.717, 1.165) is 12.0 Å². The average molecular weight is 335 g/mol. The topological polar surface area (TPSA) is 35.5 Å². The largest absolute Gasteiger partial charge is 0.463 e. The van der Waals surface area contributed by atoms with Crippen molar-refractivity contribution >= 4 is 21.1 Å². The number of rotatable bonds is 7. The van der Waals surface area contributed by atoms with Crippen LogP contribution in [0.2, 0.25) is 13.1 Å². The van der Waals surface area contributed by atoms with Crippen LogP contribution < -0.4 is 0 Å². The second-order valence-corrected chi connectivity index (χ2v) is 9.44. The van der Waals surface area contributed by atoms with Crippen LogP contribution in [-0.2, 0) is 20.4 Å². The first kappa shape index (κ1) is 19.7. The smallest absolute Gasteiger partial charge is 0.330 e. The van der Waals surface area contributed by atoms with Crippen LogP contribution in [0.25, 0.3) is 6.08 Å². The maximum absolute atomic E-state index is 11.3. The van der Waals surface area contributed by atoms with Crippen molar-refractivity contribution in [2.24, 2.45) is 5.41 Å². The van der Waals surface area contributed by atoms with Crippen molar-refractivity contribution in [3.05, 3.63) is 41.5 Å². The van der Waals surface area contributed by atoms with E-state index < -0.39 is 9.04 Å². The van der Waals surface area contributed by atoms with Gasteiger partial charge >= 0.3 is 5.97 Å². The summed E-state index contributed by atoms with van der Waals surface area (Å²) in [5, 5.41) is 0. The van der Waals surface area contributed by atoms with Gasteiger partial charge in [0.25, 0.3) is 0 Å². The molecule has 0 amide bonds. The SMILES string of the molecule is CCOC(=O)C=Cc1ccc(CC(O[SiH](C)C)C(C)(C)C)cc1. The van der Waals surface area contributed by atoms with E-state index in [-0.39, 0.29) is 17.5 Å². The molecule has 0 saturated heterocycles. The lowest BCUT2D eigenvalue weighted by molar-refractivity contribution is -0.137. The summed E-state index contributed by atoms with van der Waals surface area (Å²) < 4.78 is 11.1. The Morgan fingerprint density at radius 1 is 1.22 bits per heavy atom. The minimum Gasteiger partial charge on any atom is -0.463 e. The molecule has 1 atom stereocenters. The van der Waals surface area contributed by atoms with E-state index in [0.29, 0.717) is 6.61 Å². The number of carbonyl (C=O) groups is 1. The maximum atomic E-state index is 11.3. The van der Waals surface area contributed by atoms with Crippen LogP contribution in [0.3, 0.4) is 0 Å². The Bertz CT molecular complexity index is 512. The molecule has 0 radical (unpaired) electrons. The molecule has 23 heavy (non-hydrogen) atoms. The van der Waals surface area contributed by atoms with Crippen LogP contribution in [0.1, 0.15) is 38.8 Å². The molecule has 128 valence electrons. The molecule has 1 aromatic carbocycles. The highest BCUT2D eigenvalue weighted by Crippen LogP contribution is 2.26. The Morgan fingerprint density at radius 2 is 1.83 bits per heavy atom. The van der Waals surface area contributed by atoms with Gasteiger partial charge in [-0.25, -0.2) is 4.79 Å². The zero-order chi connectivity index (χ0) is 17.5. The molecule has 0 aliphatic heterocycles. The highest BCUT2D eigenvalue weighted by molar-refractivity contribution is 6.48. The molecule has 0 aliphatic carbocycles. The number of benzene rings is 1. The fourth-order valence-corrected chi connectivity index (χ4v) is 3.38. The highest BCUT2D eigenvalue weighted by Gasteiger charge is 2.26. The minimum atomic E-state index is -1.07. The zero-order valence-electron chi connectivity index (χ0n) is 15.3. The van der Waals surface area contributed by atoms with Gasteiger partial charge in [-0.15, -0.1) is 0 Å². The van der Waals surface area contributed by atoms with Gasteiger partial charge in [-0.1, -0.05) is 45.0 Å². The molecule has 3 nitrogen and oxygen atoms in total. The highest BCUT2D eigenvalue weighted by atomic mass is 28.3. The van der Waals surface area contributed by atoms with E-state index in [1.54, 1.807) is 13.0 Å². The lowest BCUT2D eigenvalue weighted by atomic mass is 9.85. The summed E-state index contributed by atoms with van der Waals surface area (Å²) in [7, 11) is -1.07. The molecule has 0 aliphatic rings. The molecule has 0 heterocycles. The zero-order valence-corrected chi connectivity index (χ0v) is 16.4. The van der Waals surface area contributed by atoms with Gasteiger partial charge in [-0.2, -0.15) is 0 Å². The second-order valence-electron chi connectivity index (χ2n) is 7.07. The third-order valence-electron chi connectivity index (χ3n) is 3.50. The van der Waals surface area contributed by atoms with Crippen LogP contribution in [0.4, 0.5) is 0 Å². The van der Waals surface area contributed by atoms with E-state index in [2.05, 4.69) is 46.0 Å². The number of esters is 1. The monoisotopic (exact) mass is 334 g/mol. The minimum absolute atomic E-state index is 0.125. The molecule has 1 rings (SSSR count). The number of ether oxygens (including phenoxy) is 1. The van der Waals surface area contributed by atoms with E-state index in [4.69, 9.17) is 9.16 Å². The number of hydrogen-bond donors (Lipinski definition) is 0. The summed E-state index contributed by atoms with van der Waals surface area (Å²) in [6.07, 6.45) is 4.39. The fraction of sp³-hybridized carbons (Fsp3) is 0.526. The number of hydrogen-bond acceptors (Lipinski definition) is 3. The molecule has 0 spiro atoms. The summed E-state index contributed by atoms with van der Waals surface area (Å²) in [4.78, 5) is 11.3. The van der Waals surface area contributed by atoms with Gasteiger partial charge in [0, 0.05) is 6.08 Å². The molecular formula is C19H30O3Si. The number of carbonyl (C=O) groups excluding carboxylic acids is 1. The van der Waals surface area contributed by atoms with Crippen LogP contribution in [0.5, 0.6) is 0 Å². The molecule has 0 aromatic heterocycles. The van der Waals surface area contributed by atoms with Gasteiger partial charge < -0.3 is 9.16 Å². The van der Waals surface area contributed by atoms with Gasteiger partial charge in [0.15, 0.2) is 9.04 Å². The van der Waals surface area contributed by atoms with E-state index in [9.17, 15) is 4.79 Å². The van der Waals surface area contributed by atoms with Crippen molar-refractivity contribution in [2.45, 2.75) is 53.3 Å². The van der Waals surface area contributed by atoms with Crippen LogP contribution in [0, 0.1) is 5.41 Å². The first-order chi connectivity index (χ1) is 10.7. The van der Waals surface area contributed by atoms with Crippen molar-refractivity contribution in [2.75, 3.05) is 6.61 Å². The Balaban J connectivity index is 2.73. The van der Waals surface area contributed by atoms with Gasteiger partial charge in [-0.05, 0) is 49.1 Å². The Hall–Kier alpha value is -1.39. The van der Waals surface area contributed by atoms with Crippen molar-refractivity contribution in [3.8, 4) is 0 Å². The normalized spacial score (nSPS) is 13.5. The van der Waals surface area contributed by atoms with Gasteiger partial charge in [-0.3, -0.25) is 0 Å². The van der Waals surface area contributed by atoms with E-state index in [1.807, 2.05) is 12.1 Å². The van der Waals surface area contributed by atoms with Crippen molar-refractivity contribution in [1.82, 2.24) is 0 Å². The summed E-state index contributed by atoms with van der Waals surface area (Å²) in [5.74, 6) is -0.306. The predicted molar refractivity (Wildman–Crippen MR) is 99.0 cm³/mol. The second kappa shape index (κ2) is 9.04. The van der Waals surface area contributed by atoms with Crippen molar-refractivity contribution in [3.63, 3.8) is 0 Å². The van der Waals surface area contributed by atoms with E-state index >= 15 is 0 Å². The molecule has 0 fully saturated rings. The van der Waals surface area contributed by atoms with Crippen LogP contribution >= 0.6 is 0 Å². The summed E-state index contributed by atoms with van der Waals surface area (Å²) in [6, 6.07) is 8.26. The first-order valence-corrected chi connectivity index (χ1v) is 11.1. The van der Waals surface area contributed by atoms with Crippen LogP contribution in [0.15, 0.2) is 30.3 Å². The molecule has 0 bridgehead atoms. The molecule has 0 saturated carbocycles. The molecule has 4 heteroatoms. The Morgan fingerprint density at radius 3 is 2.30 bits per heavy atom. The predicted octanol–water partition coefficient (Wildman–Crippen LogP) is 4.22. The van der Waals surface area contributed by atoms with Gasteiger partial charge in [0.2, 0.25) is 0 Å². The van der Waals surface area contributed by atoms with E-state index in [1.165, 1.54) is 11.6 Å².